The molecule has 2 rings (SSSR count). The van der Waals surface area contributed by atoms with Gasteiger partial charge in [0, 0.05) is 0 Å². The summed E-state index contributed by atoms with van der Waals surface area (Å²) >= 11 is 2.13. The molecule has 0 spiro atoms. The maximum atomic E-state index is 11.2. The number of carbonyl (C=O) groups excluding carboxylic acids is 1. The third-order valence-electron chi connectivity index (χ3n) is 3.58. The van der Waals surface area contributed by atoms with Crippen molar-refractivity contribution in [3.63, 3.8) is 0 Å². The van der Waals surface area contributed by atoms with E-state index in [4.69, 9.17) is 20.5 Å². The van der Waals surface area contributed by atoms with Crippen molar-refractivity contribution >= 4 is 34.6 Å². The van der Waals surface area contributed by atoms with Gasteiger partial charge in [0.1, 0.15) is 18.2 Å². The number of nitrogens with zero attached hydrogens (tertiary/aromatic N) is 1. The smallest absolute Gasteiger partial charge is 0.259 e. The zero-order valence-corrected chi connectivity index (χ0v) is 16.0. The largest absolute Gasteiger partial charge is 0.493 e. The third-order valence-corrected chi connectivity index (χ3v) is 4.38. The maximum Gasteiger partial charge on any atom is 0.259 e. The van der Waals surface area contributed by atoms with Crippen molar-refractivity contribution in [1.29, 1.82) is 5.26 Å². The summed E-state index contributed by atoms with van der Waals surface area (Å²) in [5.41, 5.74) is 7.93. The molecular weight excluding hydrogens is 431 g/mol. The Balaban J connectivity index is 2.33. The van der Waals surface area contributed by atoms with E-state index in [1.165, 1.54) is 6.08 Å². The number of ether oxygens (including phenoxy) is 2. The van der Waals surface area contributed by atoms with Crippen molar-refractivity contribution in [1.82, 2.24) is 0 Å². The highest BCUT2D eigenvalue weighted by Crippen LogP contribution is 2.35. The molecule has 6 heteroatoms. The van der Waals surface area contributed by atoms with E-state index < -0.39 is 5.91 Å². The molecule has 2 aromatic carbocycles. The van der Waals surface area contributed by atoms with Crippen LogP contribution in [-0.4, -0.2) is 13.0 Å². The summed E-state index contributed by atoms with van der Waals surface area (Å²) in [5.74, 6) is 0.367. The number of hydrogen-bond acceptors (Lipinski definition) is 4. The fourth-order valence-electron chi connectivity index (χ4n) is 2.21. The standard InChI is InChI=1S/C19H17IN2O3/c1-12-5-3-4-6-14(12)11-25-18-16(20)8-13(9-17(18)24-2)7-15(10-21)19(22)23/h3-9H,11H2,1-2H3,(H2,22,23)/b15-7-. The number of hydrogen-bond donors (Lipinski definition) is 1. The summed E-state index contributed by atoms with van der Waals surface area (Å²) in [6.07, 6.45) is 1.43. The predicted molar refractivity (Wildman–Crippen MR) is 104 cm³/mol. The van der Waals surface area contributed by atoms with Crippen molar-refractivity contribution in [3.05, 3.63) is 62.2 Å². The van der Waals surface area contributed by atoms with E-state index in [1.54, 1.807) is 25.3 Å². The minimum atomic E-state index is -0.767. The monoisotopic (exact) mass is 448 g/mol. The van der Waals surface area contributed by atoms with Crippen LogP contribution in [0.15, 0.2) is 42.0 Å². The van der Waals surface area contributed by atoms with Crippen LogP contribution in [0.1, 0.15) is 16.7 Å². The first-order valence-electron chi connectivity index (χ1n) is 7.42. The molecule has 0 heterocycles. The molecule has 2 aromatic rings. The number of halogens is 1. The number of amides is 1. The zero-order chi connectivity index (χ0) is 18.4. The number of benzene rings is 2. The molecule has 0 aromatic heterocycles. The van der Waals surface area contributed by atoms with Crippen LogP contribution in [0.3, 0.4) is 0 Å². The summed E-state index contributed by atoms with van der Waals surface area (Å²) in [6.45, 7) is 2.45. The van der Waals surface area contributed by atoms with Crippen LogP contribution in [-0.2, 0) is 11.4 Å². The number of methoxy groups -OCH3 is 1. The van der Waals surface area contributed by atoms with Gasteiger partial charge in [0.15, 0.2) is 11.5 Å². The molecule has 1 amide bonds. The summed E-state index contributed by atoms with van der Waals surface area (Å²) in [5, 5.41) is 8.97. The quantitative estimate of drug-likeness (QED) is 0.416. The molecule has 2 N–H and O–H groups in total. The lowest BCUT2D eigenvalue weighted by Gasteiger charge is -2.14. The first-order chi connectivity index (χ1) is 12.0. The Kier molecular flexibility index (Phi) is 6.42. The molecule has 0 saturated heterocycles. The molecule has 0 atom stereocenters. The minimum Gasteiger partial charge on any atom is -0.493 e. The molecule has 0 fully saturated rings. The molecule has 0 aliphatic rings. The zero-order valence-electron chi connectivity index (χ0n) is 13.9. The highest BCUT2D eigenvalue weighted by Gasteiger charge is 2.13. The van der Waals surface area contributed by atoms with Gasteiger partial charge in [-0.15, -0.1) is 0 Å². The molecule has 0 radical (unpaired) electrons. The summed E-state index contributed by atoms with van der Waals surface area (Å²) < 4.78 is 12.2. The molecule has 0 bridgehead atoms. The maximum absolute atomic E-state index is 11.2. The predicted octanol–water partition coefficient (Wildman–Crippen LogP) is 3.58. The molecule has 0 aliphatic carbocycles. The van der Waals surface area contributed by atoms with Crippen LogP contribution in [0.25, 0.3) is 6.08 Å². The van der Waals surface area contributed by atoms with E-state index in [2.05, 4.69) is 22.6 Å². The van der Waals surface area contributed by atoms with Crippen LogP contribution in [0.2, 0.25) is 0 Å². The lowest BCUT2D eigenvalue weighted by Crippen LogP contribution is -2.12. The van der Waals surface area contributed by atoms with Crippen LogP contribution in [0, 0.1) is 21.8 Å². The Hall–Kier alpha value is -2.53. The second kappa shape index (κ2) is 8.53. The van der Waals surface area contributed by atoms with Crippen molar-refractivity contribution in [2.75, 3.05) is 7.11 Å². The SMILES string of the molecule is COc1cc(/C=C(/C#N)C(N)=O)cc(I)c1OCc1ccccc1C. The van der Waals surface area contributed by atoms with Crippen molar-refractivity contribution in [3.8, 4) is 17.6 Å². The average Bonchev–Trinajstić information content (AvgIpc) is 2.59. The summed E-state index contributed by atoms with van der Waals surface area (Å²) in [6, 6.07) is 13.3. The van der Waals surface area contributed by atoms with Crippen LogP contribution in [0.5, 0.6) is 11.5 Å². The lowest BCUT2D eigenvalue weighted by atomic mass is 10.1. The second-order valence-electron chi connectivity index (χ2n) is 5.28. The first-order valence-corrected chi connectivity index (χ1v) is 8.50. The third kappa shape index (κ3) is 4.73. The highest BCUT2D eigenvalue weighted by atomic mass is 127. The van der Waals surface area contributed by atoms with Crippen LogP contribution < -0.4 is 15.2 Å². The molecule has 0 saturated carbocycles. The van der Waals surface area contributed by atoms with E-state index in [1.807, 2.05) is 31.2 Å². The fourth-order valence-corrected chi connectivity index (χ4v) is 2.99. The van der Waals surface area contributed by atoms with Gasteiger partial charge in [0.25, 0.3) is 5.91 Å². The molecule has 128 valence electrons. The molecule has 5 nitrogen and oxygen atoms in total. The van der Waals surface area contributed by atoms with E-state index >= 15 is 0 Å². The Morgan fingerprint density at radius 2 is 2.08 bits per heavy atom. The van der Waals surface area contributed by atoms with Gasteiger partial charge in [0.2, 0.25) is 0 Å². The first kappa shape index (κ1) is 18.8. The van der Waals surface area contributed by atoms with E-state index in [0.717, 1.165) is 14.7 Å². The Morgan fingerprint density at radius 1 is 1.36 bits per heavy atom. The molecular formula is C19H17IN2O3. The Morgan fingerprint density at radius 3 is 2.68 bits per heavy atom. The molecule has 25 heavy (non-hydrogen) atoms. The Bertz CT molecular complexity index is 869. The average molecular weight is 448 g/mol. The van der Waals surface area contributed by atoms with Crippen LogP contribution >= 0.6 is 22.6 Å². The van der Waals surface area contributed by atoms with E-state index in [-0.39, 0.29) is 5.57 Å². The normalized spacial score (nSPS) is 10.9. The second-order valence-corrected chi connectivity index (χ2v) is 6.45. The van der Waals surface area contributed by atoms with Gasteiger partial charge < -0.3 is 15.2 Å². The van der Waals surface area contributed by atoms with Crippen LogP contribution in [0.4, 0.5) is 0 Å². The minimum absolute atomic E-state index is 0.119. The fraction of sp³-hybridized carbons (Fsp3) is 0.158. The number of primary amides is 1. The topological polar surface area (TPSA) is 85.3 Å². The van der Waals surface area contributed by atoms with Crippen molar-refractivity contribution < 1.29 is 14.3 Å². The van der Waals surface area contributed by atoms with Gasteiger partial charge in [-0.1, -0.05) is 24.3 Å². The van der Waals surface area contributed by atoms with Gasteiger partial charge in [-0.25, -0.2) is 0 Å². The summed E-state index contributed by atoms with van der Waals surface area (Å²) in [4.78, 5) is 11.2. The summed E-state index contributed by atoms with van der Waals surface area (Å²) in [7, 11) is 1.54. The Labute approximate surface area is 160 Å². The highest BCUT2D eigenvalue weighted by molar-refractivity contribution is 14.1. The van der Waals surface area contributed by atoms with Gasteiger partial charge in [0.05, 0.1) is 10.7 Å². The number of rotatable bonds is 6. The van der Waals surface area contributed by atoms with Gasteiger partial charge in [-0.05, 0) is 64.4 Å². The van der Waals surface area contributed by atoms with E-state index in [0.29, 0.717) is 23.7 Å². The van der Waals surface area contributed by atoms with Crippen molar-refractivity contribution in [2.24, 2.45) is 5.73 Å². The number of aryl methyl sites for hydroxylation is 1. The number of nitrogens with two attached hydrogens (primary N) is 1. The van der Waals surface area contributed by atoms with Gasteiger partial charge in [-0.3, -0.25) is 4.79 Å². The van der Waals surface area contributed by atoms with Gasteiger partial charge in [-0.2, -0.15) is 5.26 Å². The lowest BCUT2D eigenvalue weighted by molar-refractivity contribution is -0.114. The molecule has 0 unspecified atom stereocenters. The van der Waals surface area contributed by atoms with Crippen molar-refractivity contribution in [2.45, 2.75) is 13.5 Å². The number of nitriles is 1. The number of carbonyl (C=O) groups is 1. The van der Waals surface area contributed by atoms with Gasteiger partial charge >= 0.3 is 0 Å². The molecule has 0 aliphatic heterocycles. The van der Waals surface area contributed by atoms with E-state index in [9.17, 15) is 4.79 Å².